The van der Waals surface area contributed by atoms with Crippen LogP contribution in [0.1, 0.15) is 97.2 Å². The van der Waals surface area contributed by atoms with Crippen LogP contribution in [0, 0.1) is 0 Å². The van der Waals surface area contributed by atoms with Gasteiger partial charge in [0.1, 0.15) is 0 Å². The number of hydrogen-bond acceptors (Lipinski definition) is 4. The van der Waals surface area contributed by atoms with E-state index >= 15 is 0 Å². The topological polar surface area (TPSA) is 13.0 Å². The normalized spacial score (nSPS) is 17.7. The number of likely N-dealkylation sites (N-methyl/N-ethyl adjacent to an activating group) is 2. The van der Waals surface area contributed by atoms with E-state index in [0.29, 0.717) is 0 Å². The van der Waals surface area contributed by atoms with Gasteiger partial charge in [0.2, 0.25) is 0 Å². The lowest BCUT2D eigenvalue weighted by atomic mass is 9.73. The molecule has 94 heavy (non-hydrogen) atoms. The second-order valence-electron chi connectivity index (χ2n) is 28.0. The average molecular weight is 1210 g/mol. The third-order valence-corrected chi connectivity index (χ3v) is 22.6. The molecule has 0 fully saturated rings. The standard InChI is InChI=1S/C90H74N4/c1-55-56(2)89(3,4)87-67(55)38-25-40-71(87)83-82(70-41-26-39-69-68-37-21-22-42-74(68)90(5,6)88(69)70)85(80-52-62-32-20-24-44-76(62)92(80)8)84-73-54-78(94(64-35-13-10-14-36-64)66-48-46-58-28-16-18-30-60(58)50-66)77(53-72(73)81(86(83)84)79-51-61-31-19-23-43-75(61)91(79)7)93(63-33-11-9-12-34-63)65-47-45-57-27-15-17-29-59(57)49-65/h9-50,53-54,79-80H,51-52H2,1-8H3. The fraction of sp³-hybridized carbons (Fsp3) is 0.156. The molecule has 0 saturated heterocycles. The van der Waals surface area contributed by atoms with Gasteiger partial charge in [-0.3, -0.25) is 0 Å². The number of hydrogen-bond donors (Lipinski definition) is 0. The van der Waals surface area contributed by atoms with Crippen LogP contribution in [0.2, 0.25) is 0 Å². The van der Waals surface area contributed by atoms with Crippen LogP contribution >= 0.6 is 0 Å². The lowest BCUT2D eigenvalue weighted by molar-refractivity contribution is 0.637. The zero-order chi connectivity index (χ0) is 63.5. The van der Waals surface area contributed by atoms with Gasteiger partial charge in [0, 0.05) is 59.0 Å². The smallest absolute Gasteiger partial charge is 0.0709 e. The van der Waals surface area contributed by atoms with Crippen molar-refractivity contribution in [3.63, 3.8) is 0 Å². The molecule has 2 heterocycles. The summed E-state index contributed by atoms with van der Waals surface area (Å²) in [6.45, 7) is 14.7. The number of anilines is 8. The van der Waals surface area contributed by atoms with Crippen LogP contribution in [0.3, 0.4) is 0 Å². The van der Waals surface area contributed by atoms with E-state index in [0.717, 1.165) is 47.0 Å². The van der Waals surface area contributed by atoms with Gasteiger partial charge in [0.25, 0.3) is 0 Å². The third kappa shape index (κ3) is 8.11. The maximum atomic E-state index is 2.65. The SMILES string of the molecule is CC1=C(C)C(C)(C)c2c1cccc2C1=C(c2cccc3c2C(C)(C)c2ccccc2-3)C(C2Cc3ccccc3N2C)=C2C1=C(C1Cc3ccccc3N1C)c1cc(N(c3ccccc3)c3ccc4ccccc4c3)c(N(c3ccccc3)c3ccc4ccccc4c3)cc12. The summed E-state index contributed by atoms with van der Waals surface area (Å²) in [6.07, 6.45) is 1.73. The highest BCUT2D eigenvalue weighted by Crippen LogP contribution is 2.67. The fourth-order valence-electron chi connectivity index (χ4n) is 17.9. The molecule has 4 aliphatic carbocycles. The monoisotopic (exact) mass is 1210 g/mol. The molecule has 12 aromatic carbocycles. The van der Waals surface area contributed by atoms with Gasteiger partial charge in [-0.1, -0.05) is 227 Å². The number of allylic oxidation sites excluding steroid dienone is 5. The van der Waals surface area contributed by atoms with E-state index in [2.05, 4.69) is 342 Å². The quantitative estimate of drug-likeness (QED) is 0.135. The molecule has 454 valence electrons. The van der Waals surface area contributed by atoms with Crippen molar-refractivity contribution in [2.24, 2.45) is 0 Å². The summed E-state index contributed by atoms with van der Waals surface area (Å²) in [7, 11) is 4.75. The van der Waals surface area contributed by atoms with Gasteiger partial charge in [0.05, 0.1) is 23.5 Å². The van der Waals surface area contributed by atoms with Crippen LogP contribution in [0.15, 0.2) is 284 Å². The Kier molecular flexibility index (Phi) is 12.5. The van der Waals surface area contributed by atoms with E-state index in [1.165, 1.54) is 144 Å². The Morgan fingerprint density at radius 3 is 1.35 bits per heavy atom. The van der Waals surface area contributed by atoms with E-state index in [4.69, 9.17) is 0 Å². The van der Waals surface area contributed by atoms with Crippen LogP contribution in [0.4, 0.5) is 45.5 Å². The summed E-state index contributed by atoms with van der Waals surface area (Å²) < 4.78 is 0. The molecule has 0 N–H and O–H groups in total. The van der Waals surface area contributed by atoms with Crippen molar-refractivity contribution in [3.8, 4) is 11.1 Å². The Morgan fingerprint density at radius 1 is 0.330 bits per heavy atom. The van der Waals surface area contributed by atoms with E-state index < -0.39 is 0 Å². The maximum Gasteiger partial charge on any atom is 0.0709 e. The zero-order valence-corrected chi connectivity index (χ0v) is 54.8. The molecule has 0 aromatic heterocycles. The highest BCUT2D eigenvalue weighted by atomic mass is 15.2. The first kappa shape index (κ1) is 56.1. The average Bonchev–Trinajstić information content (AvgIpc) is 1.51. The molecule has 12 aromatic rings. The van der Waals surface area contributed by atoms with Crippen LogP contribution in [0.5, 0.6) is 0 Å². The maximum absolute atomic E-state index is 2.65. The van der Waals surface area contributed by atoms with Gasteiger partial charge in [-0.15, -0.1) is 0 Å². The minimum Gasteiger partial charge on any atom is -0.367 e. The molecule has 2 aliphatic heterocycles. The van der Waals surface area contributed by atoms with Gasteiger partial charge >= 0.3 is 0 Å². The lowest BCUT2D eigenvalue weighted by Crippen LogP contribution is -2.31. The van der Waals surface area contributed by atoms with Crippen LogP contribution in [-0.2, 0) is 23.7 Å². The van der Waals surface area contributed by atoms with Gasteiger partial charge in [-0.2, -0.15) is 0 Å². The van der Waals surface area contributed by atoms with E-state index in [1.807, 2.05) is 0 Å². The molecule has 18 rings (SSSR count). The molecule has 0 bridgehead atoms. The molecule has 2 unspecified atom stereocenters. The van der Waals surface area contributed by atoms with Gasteiger partial charge in [-0.25, -0.2) is 0 Å². The van der Waals surface area contributed by atoms with E-state index in [1.54, 1.807) is 0 Å². The first-order chi connectivity index (χ1) is 45.8. The number of nitrogens with zero attached hydrogens (tertiary/aromatic N) is 4. The number of para-hydroxylation sites is 4. The van der Waals surface area contributed by atoms with Crippen LogP contribution in [0.25, 0.3) is 60.5 Å². The fourth-order valence-corrected chi connectivity index (χ4v) is 17.9. The third-order valence-electron chi connectivity index (χ3n) is 22.6. The second kappa shape index (κ2) is 20.9. The minimum atomic E-state index is -0.310. The summed E-state index contributed by atoms with van der Waals surface area (Å²) in [6, 6.07) is 101. The largest absolute Gasteiger partial charge is 0.367 e. The minimum absolute atomic E-state index is 0.0259. The van der Waals surface area contributed by atoms with Crippen molar-refractivity contribution in [1.82, 2.24) is 0 Å². The van der Waals surface area contributed by atoms with Crippen molar-refractivity contribution < 1.29 is 0 Å². The summed E-state index contributed by atoms with van der Waals surface area (Å²) in [5.41, 5.74) is 35.7. The first-order valence-electron chi connectivity index (χ1n) is 33.6. The summed E-state index contributed by atoms with van der Waals surface area (Å²) in [4.78, 5) is 10.4. The van der Waals surface area contributed by atoms with Crippen molar-refractivity contribution in [2.45, 2.75) is 77.3 Å². The Balaban J connectivity index is 1.04. The number of fused-ring (bicyclic) bond motifs is 11. The summed E-state index contributed by atoms with van der Waals surface area (Å²) in [5.74, 6) is 0. The Labute approximate surface area is 553 Å². The Bertz CT molecular complexity index is 5340. The predicted octanol–water partition coefficient (Wildman–Crippen LogP) is 22.6. The Morgan fingerprint density at radius 2 is 0.777 bits per heavy atom. The molecule has 4 nitrogen and oxygen atoms in total. The van der Waals surface area contributed by atoms with Crippen molar-refractivity contribution in [3.05, 3.63) is 339 Å². The highest BCUT2D eigenvalue weighted by molar-refractivity contribution is 6.30. The molecule has 4 heteroatoms. The predicted molar refractivity (Wildman–Crippen MR) is 398 cm³/mol. The summed E-state index contributed by atoms with van der Waals surface area (Å²) >= 11 is 0. The lowest BCUT2D eigenvalue weighted by Gasteiger charge is -2.35. The van der Waals surface area contributed by atoms with Crippen molar-refractivity contribution >= 4 is 94.9 Å². The second-order valence-corrected chi connectivity index (χ2v) is 28.0. The van der Waals surface area contributed by atoms with Crippen LogP contribution in [-0.4, -0.2) is 26.2 Å². The van der Waals surface area contributed by atoms with E-state index in [9.17, 15) is 0 Å². The van der Waals surface area contributed by atoms with Crippen LogP contribution < -0.4 is 19.6 Å². The molecule has 0 spiro atoms. The van der Waals surface area contributed by atoms with Crippen molar-refractivity contribution in [1.29, 1.82) is 0 Å². The van der Waals surface area contributed by atoms with E-state index in [-0.39, 0.29) is 22.9 Å². The molecular weight excluding hydrogens is 1140 g/mol. The number of rotatable bonds is 10. The van der Waals surface area contributed by atoms with Gasteiger partial charge in [-0.05, 0) is 227 Å². The first-order valence-corrected chi connectivity index (χ1v) is 33.6. The van der Waals surface area contributed by atoms with Gasteiger partial charge in [0.15, 0.2) is 0 Å². The molecular formula is C90H74N4. The van der Waals surface area contributed by atoms with Gasteiger partial charge < -0.3 is 19.6 Å². The summed E-state index contributed by atoms with van der Waals surface area (Å²) in [5, 5.41) is 4.80. The molecule has 0 saturated carbocycles. The number of benzene rings is 12. The van der Waals surface area contributed by atoms with Crippen molar-refractivity contribution in [2.75, 3.05) is 33.7 Å². The molecule has 0 radical (unpaired) electrons. The molecule has 6 aliphatic rings. The molecule has 2 atom stereocenters. The molecule has 0 amide bonds. The zero-order valence-electron chi connectivity index (χ0n) is 54.8. The Hall–Kier alpha value is -10.7. The highest BCUT2D eigenvalue weighted by Gasteiger charge is 2.51.